The van der Waals surface area contributed by atoms with Crippen LogP contribution in [0.25, 0.3) is 0 Å². The van der Waals surface area contributed by atoms with Crippen LogP contribution in [0.5, 0.6) is 0 Å². The van der Waals surface area contributed by atoms with Crippen molar-refractivity contribution < 1.29 is 5.11 Å². The van der Waals surface area contributed by atoms with Gasteiger partial charge in [-0.25, -0.2) is 0 Å². The molecule has 2 aliphatic rings. The fourth-order valence-electron chi connectivity index (χ4n) is 4.33. The zero-order valence-corrected chi connectivity index (χ0v) is 18.4. The summed E-state index contributed by atoms with van der Waals surface area (Å²) in [6.07, 6.45) is 2.08. The van der Waals surface area contributed by atoms with Gasteiger partial charge in [-0.15, -0.1) is 5.11 Å². The Kier molecular flexibility index (Phi) is 5.81. The van der Waals surface area contributed by atoms with Crippen LogP contribution in [0.4, 0.5) is 28.4 Å². The van der Waals surface area contributed by atoms with Crippen LogP contribution >= 0.6 is 0 Å². The van der Waals surface area contributed by atoms with Gasteiger partial charge in [0.05, 0.1) is 17.1 Å². The largest absolute Gasteiger partial charge is 0.396 e. The molecule has 0 bridgehead atoms. The third kappa shape index (κ3) is 3.94. The summed E-state index contributed by atoms with van der Waals surface area (Å²) in [5.74, 6) is 0.376. The molecule has 1 saturated heterocycles. The van der Waals surface area contributed by atoms with E-state index in [1.807, 2.05) is 12.1 Å². The number of rotatable bonds is 5. The molecular formula is C23H32N6O. The molecule has 0 radical (unpaired) electrons. The maximum absolute atomic E-state index is 9.46. The molecule has 2 heterocycles. The zero-order chi connectivity index (χ0) is 21.3. The molecule has 1 N–H and O–H groups in total. The van der Waals surface area contributed by atoms with Gasteiger partial charge in [-0.1, -0.05) is 0 Å². The summed E-state index contributed by atoms with van der Waals surface area (Å²) in [6, 6.07) is 14.7. The van der Waals surface area contributed by atoms with Gasteiger partial charge in [-0.3, -0.25) is 0 Å². The first-order chi connectivity index (χ1) is 14.5. The van der Waals surface area contributed by atoms with Crippen molar-refractivity contribution in [3.05, 3.63) is 42.5 Å². The molecule has 0 spiro atoms. The Labute approximate surface area is 179 Å². The Morgan fingerprint density at radius 3 is 2.47 bits per heavy atom. The van der Waals surface area contributed by atoms with Gasteiger partial charge in [-0.05, 0) is 61.2 Å². The van der Waals surface area contributed by atoms with Crippen molar-refractivity contribution in [1.29, 1.82) is 0 Å². The minimum atomic E-state index is -0.163. The number of aliphatic hydroxyl groups excluding tert-OH is 1. The monoisotopic (exact) mass is 408 g/mol. The lowest BCUT2D eigenvalue weighted by atomic mass is 9.98. The normalized spacial score (nSPS) is 21.4. The lowest BCUT2D eigenvalue weighted by molar-refractivity contribution is 0.209. The van der Waals surface area contributed by atoms with Gasteiger partial charge in [0.25, 0.3) is 0 Å². The highest BCUT2D eigenvalue weighted by molar-refractivity contribution is 5.80. The molecule has 160 valence electrons. The molecule has 7 nitrogen and oxygen atoms in total. The summed E-state index contributed by atoms with van der Waals surface area (Å²) in [5.41, 5.74) is 5.52. The average Bonchev–Trinajstić information content (AvgIpc) is 3.02. The molecule has 2 aromatic rings. The van der Waals surface area contributed by atoms with Crippen LogP contribution < -0.4 is 19.6 Å². The summed E-state index contributed by atoms with van der Waals surface area (Å²) in [6.45, 7) is 2.23. The first-order valence-electron chi connectivity index (χ1n) is 10.6. The van der Waals surface area contributed by atoms with Crippen LogP contribution in [0.3, 0.4) is 0 Å². The Bertz CT molecular complexity index is 897. The number of benzene rings is 2. The van der Waals surface area contributed by atoms with Crippen molar-refractivity contribution >= 4 is 28.4 Å². The first-order valence-corrected chi connectivity index (χ1v) is 10.6. The zero-order valence-electron chi connectivity index (χ0n) is 18.4. The van der Waals surface area contributed by atoms with E-state index >= 15 is 0 Å². The molecule has 0 saturated carbocycles. The number of azo groups is 1. The fraction of sp³-hybridized carbons (Fsp3) is 0.478. The SMILES string of the molecule is CN(C)c1ccc2c(c1)N(C)C(N=Nc1ccc(N3CCCC(CO)C3)cc1)N2C. The average molecular weight is 409 g/mol. The van der Waals surface area contributed by atoms with Gasteiger partial charge in [0.15, 0.2) is 0 Å². The van der Waals surface area contributed by atoms with E-state index in [9.17, 15) is 5.11 Å². The summed E-state index contributed by atoms with van der Waals surface area (Å²) < 4.78 is 0. The summed E-state index contributed by atoms with van der Waals surface area (Å²) in [7, 11) is 8.21. The highest BCUT2D eigenvalue weighted by Gasteiger charge is 2.31. The number of hydrogen-bond donors (Lipinski definition) is 1. The molecule has 7 heteroatoms. The van der Waals surface area contributed by atoms with E-state index in [1.54, 1.807) is 0 Å². The standard InChI is InChI=1S/C23H32N6O/c1-26(2)20-11-12-21-22(14-20)28(4)23(27(21)3)25-24-18-7-9-19(10-8-18)29-13-5-6-17(15-29)16-30/h7-12,14,17,23,30H,5-6,13,15-16H2,1-4H3. The number of nitrogens with zero attached hydrogens (tertiary/aromatic N) is 6. The highest BCUT2D eigenvalue weighted by atomic mass is 16.3. The van der Waals surface area contributed by atoms with Crippen molar-refractivity contribution in [3.8, 4) is 0 Å². The van der Waals surface area contributed by atoms with Crippen molar-refractivity contribution in [3.63, 3.8) is 0 Å². The van der Waals surface area contributed by atoms with E-state index < -0.39 is 0 Å². The lowest BCUT2D eigenvalue weighted by Gasteiger charge is -2.33. The summed E-state index contributed by atoms with van der Waals surface area (Å²) in [4.78, 5) is 8.76. The van der Waals surface area contributed by atoms with Crippen molar-refractivity contribution in [2.45, 2.75) is 19.1 Å². The van der Waals surface area contributed by atoms with Gasteiger partial charge in [-0.2, -0.15) is 5.11 Å². The minimum Gasteiger partial charge on any atom is -0.396 e. The lowest BCUT2D eigenvalue weighted by Crippen LogP contribution is -2.36. The van der Waals surface area contributed by atoms with E-state index in [-0.39, 0.29) is 12.9 Å². The maximum atomic E-state index is 9.46. The maximum Gasteiger partial charge on any atom is 0.218 e. The number of aliphatic hydroxyl groups is 1. The van der Waals surface area contributed by atoms with Crippen LogP contribution in [0.2, 0.25) is 0 Å². The van der Waals surface area contributed by atoms with Crippen LogP contribution in [0.1, 0.15) is 12.8 Å². The Hall–Kier alpha value is -2.80. The van der Waals surface area contributed by atoms with Crippen molar-refractivity contribution in [2.75, 3.05) is 67.5 Å². The molecule has 4 rings (SSSR count). The summed E-state index contributed by atoms with van der Waals surface area (Å²) in [5, 5.41) is 18.6. The smallest absolute Gasteiger partial charge is 0.218 e. The van der Waals surface area contributed by atoms with E-state index in [0.29, 0.717) is 5.92 Å². The van der Waals surface area contributed by atoms with Crippen LogP contribution in [-0.2, 0) is 0 Å². The fourth-order valence-corrected chi connectivity index (χ4v) is 4.33. The van der Waals surface area contributed by atoms with Gasteiger partial charge in [0, 0.05) is 59.3 Å². The molecule has 2 aliphatic heterocycles. The molecule has 2 aromatic carbocycles. The molecule has 2 unspecified atom stereocenters. The topological polar surface area (TPSA) is 57.9 Å². The van der Waals surface area contributed by atoms with E-state index in [0.717, 1.165) is 43.0 Å². The highest BCUT2D eigenvalue weighted by Crippen LogP contribution is 2.40. The Morgan fingerprint density at radius 2 is 1.77 bits per heavy atom. The molecule has 2 atom stereocenters. The number of piperidine rings is 1. The van der Waals surface area contributed by atoms with Crippen LogP contribution in [-0.4, -0.2) is 59.3 Å². The van der Waals surface area contributed by atoms with Gasteiger partial charge < -0.3 is 24.7 Å². The van der Waals surface area contributed by atoms with E-state index in [1.165, 1.54) is 11.4 Å². The number of hydrogen-bond acceptors (Lipinski definition) is 7. The third-order valence-corrected chi connectivity index (χ3v) is 6.20. The second kappa shape index (κ2) is 8.52. The molecule has 0 aromatic heterocycles. The Morgan fingerprint density at radius 1 is 1.03 bits per heavy atom. The summed E-state index contributed by atoms with van der Waals surface area (Å²) >= 11 is 0. The molecule has 0 amide bonds. The van der Waals surface area contributed by atoms with E-state index in [4.69, 9.17) is 0 Å². The van der Waals surface area contributed by atoms with E-state index in [2.05, 4.69) is 88.4 Å². The van der Waals surface area contributed by atoms with Gasteiger partial charge in [0.2, 0.25) is 6.29 Å². The third-order valence-electron chi connectivity index (χ3n) is 6.20. The van der Waals surface area contributed by atoms with Gasteiger partial charge in [0.1, 0.15) is 0 Å². The van der Waals surface area contributed by atoms with Crippen LogP contribution in [0, 0.1) is 5.92 Å². The second-order valence-corrected chi connectivity index (χ2v) is 8.50. The van der Waals surface area contributed by atoms with Crippen molar-refractivity contribution in [2.24, 2.45) is 16.1 Å². The first kappa shape index (κ1) is 20.5. The molecular weight excluding hydrogens is 376 g/mol. The predicted molar refractivity (Wildman–Crippen MR) is 124 cm³/mol. The minimum absolute atomic E-state index is 0.163. The predicted octanol–water partition coefficient (Wildman–Crippen LogP) is 3.91. The van der Waals surface area contributed by atoms with Crippen molar-refractivity contribution in [1.82, 2.24) is 0 Å². The molecule has 0 aliphatic carbocycles. The number of anilines is 4. The molecule has 30 heavy (non-hydrogen) atoms. The number of fused-ring (bicyclic) bond motifs is 1. The molecule has 1 fully saturated rings. The Balaban J connectivity index is 1.46. The second-order valence-electron chi connectivity index (χ2n) is 8.50. The quantitative estimate of drug-likeness (QED) is 0.760. The van der Waals surface area contributed by atoms with Gasteiger partial charge >= 0.3 is 0 Å². The van der Waals surface area contributed by atoms with Crippen LogP contribution in [0.15, 0.2) is 52.7 Å².